The van der Waals surface area contributed by atoms with Crippen LogP contribution >= 0.6 is 0 Å². The first-order valence-electron chi connectivity index (χ1n) is 12.6. The van der Waals surface area contributed by atoms with E-state index in [9.17, 15) is 4.79 Å². The van der Waals surface area contributed by atoms with Crippen molar-refractivity contribution in [1.82, 2.24) is 14.9 Å². The van der Waals surface area contributed by atoms with Gasteiger partial charge in [-0.3, -0.25) is 4.79 Å². The fourth-order valence-electron chi connectivity index (χ4n) is 5.66. The summed E-state index contributed by atoms with van der Waals surface area (Å²) in [5.74, 6) is 3.92. The Hall–Kier alpha value is -3.33. The lowest BCUT2D eigenvalue weighted by atomic mass is 9.79. The van der Waals surface area contributed by atoms with Gasteiger partial charge < -0.3 is 29.5 Å². The first-order chi connectivity index (χ1) is 17.2. The topological polar surface area (TPSA) is 83.1 Å². The Kier molecular flexibility index (Phi) is 5.93. The number of hydrogen-bond acceptors (Lipinski definition) is 8. The van der Waals surface area contributed by atoms with Crippen LogP contribution in [0.3, 0.4) is 0 Å². The first-order valence-corrected chi connectivity index (χ1v) is 12.6. The van der Waals surface area contributed by atoms with Crippen LogP contribution in [-0.4, -0.2) is 73.3 Å². The summed E-state index contributed by atoms with van der Waals surface area (Å²) in [6.07, 6.45) is 5.35. The normalized spacial score (nSPS) is 20.6. The molecule has 9 nitrogen and oxygen atoms in total. The van der Waals surface area contributed by atoms with Crippen LogP contribution in [0.15, 0.2) is 37.2 Å². The van der Waals surface area contributed by atoms with E-state index in [4.69, 9.17) is 9.47 Å². The third-order valence-corrected chi connectivity index (χ3v) is 7.79. The molecular formula is C26H32N6O3. The van der Waals surface area contributed by atoms with E-state index in [-0.39, 0.29) is 5.91 Å². The minimum Gasteiger partial charge on any atom is -0.486 e. The lowest BCUT2D eigenvalue weighted by Gasteiger charge is -2.46. The third kappa shape index (κ3) is 4.29. The van der Waals surface area contributed by atoms with Crippen LogP contribution in [0.2, 0.25) is 0 Å². The predicted octanol–water partition coefficient (Wildman–Crippen LogP) is 2.81. The van der Waals surface area contributed by atoms with Gasteiger partial charge in [0.15, 0.2) is 0 Å². The number of nitrogens with one attached hydrogen (secondary N) is 1. The van der Waals surface area contributed by atoms with Crippen molar-refractivity contribution >= 4 is 28.9 Å². The van der Waals surface area contributed by atoms with E-state index >= 15 is 0 Å². The minimum absolute atomic E-state index is 0.0577. The molecule has 1 amide bonds. The number of piperidine rings is 1. The molecule has 0 unspecified atom stereocenters. The number of aromatic nitrogens is 2. The van der Waals surface area contributed by atoms with Crippen LogP contribution in [0, 0.1) is 11.8 Å². The maximum Gasteiger partial charge on any atom is 0.245 e. The van der Waals surface area contributed by atoms with Crippen LogP contribution in [0.1, 0.15) is 18.4 Å². The van der Waals surface area contributed by atoms with Gasteiger partial charge in [0.05, 0.1) is 24.5 Å². The van der Waals surface area contributed by atoms with Gasteiger partial charge in [0.2, 0.25) is 5.91 Å². The maximum atomic E-state index is 11.7. The van der Waals surface area contributed by atoms with Crippen LogP contribution in [0.4, 0.5) is 23.0 Å². The number of morpholine rings is 1. The molecule has 184 valence electrons. The summed E-state index contributed by atoms with van der Waals surface area (Å²) in [6, 6.07) is 6.39. The number of amides is 1. The van der Waals surface area contributed by atoms with Gasteiger partial charge in [0, 0.05) is 45.0 Å². The number of hydrogen-bond donors (Lipinski definition) is 1. The summed E-state index contributed by atoms with van der Waals surface area (Å²) in [4.78, 5) is 27.4. The Morgan fingerprint density at radius 3 is 2.63 bits per heavy atom. The van der Waals surface area contributed by atoms with Crippen molar-refractivity contribution in [2.24, 2.45) is 11.8 Å². The highest BCUT2D eigenvalue weighted by molar-refractivity contribution is 5.87. The molecule has 3 saturated heterocycles. The summed E-state index contributed by atoms with van der Waals surface area (Å²) in [5.41, 5.74) is 3.12. The average molecular weight is 477 g/mol. The van der Waals surface area contributed by atoms with E-state index in [1.165, 1.54) is 11.8 Å². The molecule has 2 aromatic rings. The van der Waals surface area contributed by atoms with E-state index in [0.717, 1.165) is 80.7 Å². The van der Waals surface area contributed by atoms with Crippen LogP contribution in [-0.2, 0) is 16.1 Å². The van der Waals surface area contributed by atoms with Gasteiger partial charge in [-0.1, -0.05) is 6.58 Å². The quantitative estimate of drug-likeness (QED) is 0.675. The zero-order valence-electron chi connectivity index (χ0n) is 20.0. The second-order valence-electron chi connectivity index (χ2n) is 9.75. The summed E-state index contributed by atoms with van der Waals surface area (Å²) >= 11 is 0. The number of benzene rings is 1. The van der Waals surface area contributed by atoms with Gasteiger partial charge in [-0.15, -0.1) is 0 Å². The highest BCUT2D eigenvalue weighted by atomic mass is 16.5. The van der Waals surface area contributed by atoms with Gasteiger partial charge in [-0.05, 0) is 49.0 Å². The molecule has 35 heavy (non-hydrogen) atoms. The van der Waals surface area contributed by atoms with E-state index in [1.54, 1.807) is 6.33 Å². The summed E-state index contributed by atoms with van der Waals surface area (Å²) in [7, 11) is 0. The highest BCUT2D eigenvalue weighted by Crippen LogP contribution is 2.39. The molecule has 0 bridgehead atoms. The molecule has 4 aliphatic rings. The van der Waals surface area contributed by atoms with E-state index in [1.807, 2.05) is 4.90 Å². The van der Waals surface area contributed by atoms with Crippen molar-refractivity contribution < 1.29 is 14.3 Å². The van der Waals surface area contributed by atoms with Crippen molar-refractivity contribution in [1.29, 1.82) is 0 Å². The molecule has 1 aromatic carbocycles. The molecule has 1 N–H and O–H groups in total. The monoisotopic (exact) mass is 476 g/mol. The van der Waals surface area contributed by atoms with E-state index < -0.39 is 0 Å². The molecule has 3 fully saturated rings. The molecule has 6 rings (SSSR count). The van der Waals surface area contributed by atoms with Crippen LogP contribution in [0.25, 0.3) is 0 Å². The van der Waals surface area contributed by atoms with Gasteiger partial charge in [-0.2, -0.15) is 0 Å². The fourth-order valence-corrected chi connectivity index (χ4v) is 5.66. The smallest absolute Gasteiger partial charge is 0.245 e. The van der Waals surface area contributed by atoms with E-state index in [2.05, 4.69) is 49.9 Å². The summed E-state index contributed by atoms with van der Waals surface area (Å²) < 4.78 is 11.7. The fraction of sp³-hybridized carbons (Fsp3) is 0.500. The predicted molar refractivity (Wildman–Crippen MR) is 134 cm³/mol. The maximum absolute atomic E-state index is 11.7. The number of rotatable bonds is 4. The Morgan fingerprint density at radius 1 is 1.06 bits per heavy atom. The molecule has 5 heterocycles. The van der Waals surface area contributed by atoms with Crippen molar-refractivity contribution in [3.8, 4) is 5.75 Å². The van der Waals surface area contributed by atoms with Crippen molar-refractivity contribution in [2.45, 2.75) is 19.4 Å². The lowest BCUT2D eigenvalue weighted by Crippen LogP contribution is -2.53. The molecular weight excluding hydrogens is 444 g/mol. The molecule has 0 aliphatic carbocycles. The van der Waals surface area contributed by atoms with Gasteiger partial charge >= 0.3 is 0 Å². The summed E-state index contributed by atoms with van der Waals surface area (Å²) in [5, 5.41) is 3.52. The number of likely N-dealkylation sites (tertiary alicyclic amines) is 1. The molecule has 4 aliphatic heterocycles. The van der Waals surface area contributed by atoms with Gasteiger partial charge in [-0.25, -0.2) is 9.97 Å². The Bertz CT molecular complexity index is 1100. The summed E-state index contributed by atoms with van der Waals surface area (Å²) in [6.45, 7) is 10.9. The van der Waals surface area contributed by atoms with Crippen LogP contribution in [0.5, 0.6) is 5.75 Å². The Labute approximate surface area is 205 Å². The average Bonchev–Trinajstić information content (AvgIpc) is 3.07. The second kappa shape index (κ2) is 9.37. The highest BCUT2D eigenvalue weighted by Gasteiger charge is 2.36. The molecule has 0 spiro atoms. The number of anilines is 4. The molecule has 0 radical (unpaired) electrons. The Balaban J connectivity index is 1.13. The third-order valence-electron chi connectivity index (χ3n) is 7.79. The van der Waals surface area contributed by atoms with Crippen molar-refractivity contribution in [2.75, 3.05) is 67.6 Å². The van der Waals surface area contributed by atoms with Crippen molar-refractivity contribution in [3.05, 3.63) is 42.7 Å². The SMILES string of the molecule is C=CC(=O)N1CC(C2CCN(c3ccc4c(c3)Nc3ncnc(N5CCOCC5)c3CO4)CC2)C1. The zero-order chi connectivity index (χ0) is 23.8. The largest absolute Gasteiger partial charge is 0.486 e. The molecule has 9 heteroatoms. The molecule has 0 atom stereocenters. The van der Waals surface area contributed by atoms with Crippen molar-refractivity contribution in [3.63, 3.8) is 0 Å². The number of nitrogens with zero attached hydrogens (tertiary/aromatic N) is 5. The Morgan fingerprint density at radius 2 is 1.86 bits per heavy atom. The second-order valence-corrected chi connectivity index (χ2v) is 9.75. The number of ether oxygens (including phenoxy) is 2. The lowest BCUT2D eigenvalue weighted by molar-refractivity contribution is -0.133. The standard InChI is InChI=1S/C26H32N6O3/c1-2-24(33)32-14-19(15-32)18-5-7-30(8-6-18)20-3-4-23-22(13-20)29-25-21(16-35-23)26(28-17-27-25)31-9-11-34-12-10-31/h2-4,13,17-19H,1,5-12,14-16H2,(H,27,28,29). The van der Waals surface area contributed by atoms with Gasteiger partial charge in [0.1, 0.15) is 30.3 Å². The number of carbonyl (C=O) groups is 1. The molecule has 1 aromatic heterocycles. The van der Waals surface area contributed by atoms with E-state index in [0.29, 0.717) is 31.7 Å². The zero-order valence-corrected chi connectivity index (χ0v) is 20.0. The van der Waals surface area contributed by atoms with Gasteiger partial charge in [0.25, 0.3) is 0 Å². The van der Waals surface area contributed by atoms with Crippen LogP contribution < -0.4 is 19.9 Å². The number of carbonyl (C=O) groups excluding carboxylic acids is 1. The minimum atomic E-state index is 0.0577. The molecule has 0 saturated carbocycles. The first kappa shape index (κ1) is 22.2. The number of fused-ring (bicyclic) bond motifs is 2.